The van der Waals surface area contributed by atoms with Gasteiger partial charge in [-0.3, -0.25) is 14.7 Å². The molecule has 0 saturated carbocycles. The summed E-state index contributed by atoms with van der Waals surface area (Å²) in [5.74, 6) is -0.144. The number of hydrogen-bond donors (Lipinski definition) is 2. The number of hydrogen-bond acceptors (Lipinski definition) is 6. The number of carbonyl (C=O) groups is 1. The van der Waals surface area contributed by atoms with E-state index in [0.717, 1.165) is 30.9 Å². The van der Waals surface area contributed by atoms with Crippen LogP contribution in [-0.2, 0) is 34.7 Å². The molecule has 3 heterocycles. The highest BCUT2D eigenvalue weighted by Gasteiger charge is 2.15. The van der Waals surface area contributed by atoms with E-state index in [0.29, 0.717) is 6.42 Å². The summed E-state index contributed by atoms with van der Waals surface area (Å²) in [7, 11) is 0. The van der Waals surface area contributed by atoms with Crippen LogP contribution in [0.3, 0.4) is 0 Å². The molecule has 7 nitrogen and oxygen atoms in total. The number of aromatic nitrogens is 1. The van der Waals surface area contributed by atoms with Crippen molar-refractivity contribution in [1.82, 2.24) is 15.2 Å². The van der Waals surface area contributed by atoms with Gasteiger partial charge in [-0.1, -0.05) is 6.42 Å². The number of carbonyl (C=O) groups excluding carboxylic acids is 1. The van der Waals surface area contributed by atoms with Crippen LogP contribution in [0.2, 0.25) is 0 Å². The second-order valence-corrected chi connectivity index (χ2v) is 8.99. The number of allylic oxidation sites excluding steroid dienone is 1. The number of amides is 1. The number of rotatable bonds is 10. The molecule has 0 radical (unpaired) electrons. The minimum absolute atomic E-state index is 0.00914. The number of furan rings is 1. The zero-order valence-corrected chi connectivity index (χ0v) is 17.9. The van der Waals surface area contributed by atoms with Gasteiger partial charge in [0.15, 0.2) is 5.75 Å². The summed E-state index contributed by atoms with van der Waals surface area (Å²) in [4.78, 5) is 18.7. The average molecular weight is 432 g/mol. The molecule has 2 N–H and O–H groups in total. The number of pyridine rings is 1. The van der Waals surface area contributed by atoms with Crippen LogP contribution in [0.4, 0.5) is 0 Å². The van der Waals surface area contributed by atoms with Crippen LogP contribution in [0.1, 0.15) is 36.1 Å². The SMILES string of the molecule is O=C(C[S+]([O-])Cc1ccoc1)NCC(O)=CCc1cc(CN2CCCCC2)ccn1. The molecule has 1 fully saturated rings. The number of piperidine rings is 1. The lowest BCUT2D eigenvalue weighted by Gasteiger charge is -2.26. The second kappa shape index (κ2) is 11.8. The van der Waals surface area contributed by atoms with Crippen molar-refractivity contribution in [2.75, 3.05) is 25.4 Å². The lowest BCUT2D eigenvalue weighted by molar-refractivity contribution is -0.118. The van der Waals surface area contributed by atoms with E-state index in [9.17, 15) is 14.5 Å². The zero-order chi connectivity index (χ0) is 21.2. The third-order valence-electron chi connectivity index (χ3n) is 4.95. The Morgan fingerprint density at radius 3 is 2.90 bits per heavy atom. The van der Waals surface area contributed by atoms with Crippen LogP contribution in [0.15, 0.2) is 53.2 Å². The molecule has 1 unspecified atom stereocenters. The summed E-state index contributed by atoms with van der Waals surface area (Å²) >= 11 is -1.32. The Balaban J connectivity index is 1.40. The first kappa shape index (κ1) is 22.4. The molecule has 0 aliphatic carbocycles. The number of likely N-dealkylation sites (tertiary alicyclic amines) is 1. The Labute approximate surface area is 180 Å². The molecule has 30 heavy (non-hydrogen) atoms. The number of aliphatic hydroxyl groups excluding tert-OH is 1. The van der Waals surface area contributed by atoms with Crippen molar-refractivity contribution >= 4 is 17.1 Å². The molecule has 162 valence electrons. The van der Waals surface area contributed by atoms with E-state index in [1.54, 1.807) is 18.3 Å². The molecule has 0 bridgehead atoms. The molecule has 1 saturated heterocycles. The fourth-order valence-electron chi connectivity index (χ4n) is 3.41. The standard InChI is InChI=1S/C22H29N3O4S/c26-21(13-24-22(27)17-30(28)16-19-7-11-29-15-19)5-4-20-12-18(6-8-23-20)14-25-9-2-1-3-10-25/h5-8,11-12,15,26H,1-4,9-10,13-14,16-17H2,(H,24,27). The van der Waals surface area contributed by atoms with Crippen LogP contribution in [0, 0.1) is 0 Å². The van der Waals surface area contributed by atoms with Crippen molar-refractivity contribution in [3.63, 3.8) is 0 Å². The van der Waals surface area contributed by atoms with E-state index < -0.39 is 11.2 Å². The molecule has 2 aromatic heterocycles. The van der Waals surface area contributed by atoms with Gasteiger partial charge in [-0.25, -0.2) is 0 Å². The van der Waals surface area contributed by atoms with E-state index in [4.69, 9.17) is 4.42 Å². The molecule has 8 heteroatoms. The van der Waals surface area contributed by atoms with Crippen LogP contribution in [-0.4, -0.2) is 50.8 Å². The number of aliphatic hydroxyl groups is 1. The van der Waals surface area contributed by atoms with E-state index >= 15 is 0 Å². The monoisotopic (exact) mass is 431 g/mol. The summed E-state index contributed by atoms with van der Waals surface area (Å²) in [6.45, 7) is 3.22. The van der Waals surface area contributed by atoms with Gasteiger partial charge in [0.1, 0.15) is 11.5 Å². The number of nitrogens with one attached hydrogen (secondary N) is 1. The summed E-state index contributed by atoms with van der Waals surface area (Å²) in [6.07, 6.45) is 10.8. The van der Waals surface area contributed by atoms with Crippen molar-refractivity contribution in [2.24, 2.45) is 0 Å². The van der Waals surface area contributed by atoms with E-state index in [1.807, 2.05) is 6.07 Å². The summed E-state index contributed by atoms with van der Waals surface area (Å²) in [6, 6.07) is 5.82. The minimum Gasteiger partial charge on any atom is -0.616 e. The number of nitrogens with zero attached hydrogens (tertiary/aromatic N) is 2. The Kier molecular flexibility index (Phi) is 8.80. The maximum Gasteiger partial charge on any atom is 0.270 e. The quantitative estimate of drug-likeness (QED) is 0.443. The van der Waals surface area contributed by atoms with Crippen LogP contribution in [0.5, 0.6) is 0 Å². The lowest BCUT2D eigenvalue weighted by Crippen LogP contribution is -2.32. The van der Waals surface area contributed by atoms with Crippen LogP contribution < -0.4 is 5.32 Å². The highest BCUT2D eigenvalue weighted by molar-refractivity contribution is 7.91. The molecular weight excluding hydrogens is 402 g/mol. The van der Waals surface area contributed by atoms with Gasteiger partial charge in [0.05, 0.1) is 19.1 Å². The summed E-state index contributed by atoms with van der Waals surface area (Å²) in [5.41, 5.74) is 2.89. The first-order chi connectivity index (χ1) is 14.6. The highest BCUT2D eigenvalue weighted by Crippen LogP contribution is 2.13. The Morgan fingerprint density at radius 2 is 2.13 bits per heavy atom. The van der Waals surface area contributed by atoms with Crippen molar-refractivity contribution in [2.45, 2.75) is 38.0 Å². The maximum atomic E-state index is 12.0. The molecular formula is C22H29N3O4S. The second-order valence-electron chi connectivity index (χ2n) is 7.53. The molecule has 1 aliphatic heterocycles. The largest absolute Gasteiger partial charge is 0.616 e. The maximum absolute atomic E-state index is 12.0. The van der Waals surface area contributed by atoms with E-state index in [-0.39, 0.29) is 29.7 Å². The highest BCUT2D eigenvalue weighted by atomic mass is 32.2. The summed E-state index contributed by atoms with van der Waals surface area (Å²) in [5, 5.41) is 12.6. The Bertz CT molecular complexity index is 820. The third kappa shape index (κ3) is 7.85. The molecule has 0 aromatic carbocycles. The smallest absolute Gasteiger partial charge is 0.270 e. The third-order valence-corrected chi connectivity index (χ3v) is 6.19. The van der Waals surface area contributed by atoms with Crippen molar-refractivity contribution < 1.29 is 18.9 Å². The van der Waals surface area contributed by atoms with Gasteiger partial charge in [0.2, 0.25) is 0 Å². The van der Waals surface area contributed by atoms with Gasteiger partial charge in [0.25, 0.3) is 5.91 Å². The topological polar surface area (TPSA) is 102 Å². The van der Waals surface area contributed by atoms with Crippen molar-refractivity contribution in [3.05, 3.63) is 65.6 Å². The van der Waals surface area contributed by atoms with E-state index in [1.165, 1.54) is 37.4 Å². The molecule has 1 aliphatic rings. The van der Waals surface area contributed by atoms with Gasteiger partial charge >= 0.3 is 0 Å². The molecule has 2 aromatic rings. The molecule has 1 amide bonds. The van der Waals surface area contributed by atoms with Crippen molar-refractivity contribution in [3.8, 4) is 0 Å². The van der Waals surface area contributed by atoms with Gasteiger partial charge in [0, 0.05) is 30.4 Å². The Morgan fingerprint density at radius 1 is 1.30 bits per heavy atom. The fourth-order valence-corrected chi connectivity index (χ4v) is 4.44. The summed E-state index contributed by atoms with van der Waals surface area (Å²) < 4.78 is 16.9. The van der Waals surface area contributed by atoms with Crippen LogP contribution >= 0.6 is 0 Å². The van der Waals surface area contributed by atoms with Crippen LogP contribution in [0.25, 0.3) is 0 Å². The van der Waals surface area contributed by atoms with Crippen molar-refractivity contribution in [1.29, 1.82) is 0 Å². The van der Waals surface area contributed by atoms with Gasteiger partial charge in [-0.2, -0.15) is 0 Å². The Hall–Kier alpha value is -2.29. The zero-order valence-electron chi connectivity index (χ0n) is 17.1. The first-order valence-corrected chi connectivity index (χ1v) is 11.7. The normalized spacial score (nSPS) is 16.4. The fraction of sp³-hybridized carbons (Fsp3) is 0.455. The predicted octanol–water partition coefficient (Wildman–Crippen LogP) is 2.71. The predicted molar refractivity (Wildman–Crippen MR) is 116 cm³/mol. The molecule has 1 atom stereocenters. The van der Waals surface area contributed by atoms with Gasteiger partial charge in [-0.15, -0.1) is 0 Å². The average Bonchev–Trinajstić information content (AvgIpc) is 3.24. The minimum atomic E-state index is -1.32. The molecule has 3 rings (SSSR count). The van der Waals surface area contributed by atoms with Gasteiger partial charge in [-0.05, 0) is 66.9 Å². The first-order valence-electron chi connectivity index (χ1n) is 10.3. The van der Waals surface area contributed by atoms with Gasteiger partial charge < -0.3 is 19.4 Å². The lowest BCUT2D eigenvalue weighted by atomic mass is 10.1. The molecule has 0 spiro atoms. The van der Waals surface area contributed by atoms with E-state index in [2.05, 4.69) is 21.3 Å².